The highest BCUT2D eigenvalue weighted by atomic mass is 16.5. The second-order valence-corrected chi connectivity index (χ2v) is 5.54. The molecule has 0 saturated carbocycles. The third kappa shape index (κ3) is 2.78. The van der Waals surface area contributed by atoms with Gasteiger partial charge in [-0.05, 0) is 18.1 Å². The molecule has 1 aromatic carbocycles. The smallest absolute Gasteiger partial charge is 0.225 e. The number of fused-ring (bicyclic) bond motifs is 1. The molecule has 0 spiro atoms. The van der Waals surface area contributed by atoms with Crippen molar-refractivity contribution in [2.45, 2.75) is 33.2 Å². The lowest BCUT2D eigenvalue weighted by Crippen LogP contribution is -2.46. The van der Waals surface area contributed by atoms with Crippen LogP contribution in [0.4, 0.5) is 0 Å². The van der Waals surface area contributed by atoms with E-state index < -0.39 is 0 Å². The van der Waals surface area contributed by atoms with E-state index >= 15 is 0 Å². The van der Waals surface area contributed by atoms with Crippen molar-refractivity contribution in [1.29, 1.82) is 0 Å². The van der Waals surface area contributed by atoms with E-state index in [-0.39, 0.29) is 17.4 Å². The highest BCUT2D eigenvalue weighted by Crippen LogP contribution is 2.24. The number of carbonyl (C=O) groups is 1. The normalized spacial score (nSPS) is 19.1. The molecule has 17 heavy (non-hydrogen) atoms. The maximum Gasteiger partial charge on any atom is 0.225 e. The standard InChI is InChI=1S/C14H19NO2/c1-14(2,3)13(16)15-11-8-10-6-4-5-7-12(10)17-9-11/h4-7,11H,8-9H2,1-3H3,(H,15,16)/t11-/m0/s1. The van der Waals surface area contributed by atoms with Gasteiger partial charge in [-0.2, -0.15) is 0 Å². The highest BCUT2D eigenvalue weighted by Gasteiger charge is 2.26. The fourth-order valence-electron chi connectivity index (χ4n) is 1.82. The quantitative estimate of drug-likeness (QED) is 0.807. The van der Waals surface area contributed by atoms with Gasteiger partial charge in [0, 0.05) is 5.41 Å². The number of nitrogens with one attached hydrogen (secondary N) is 1. The predicted octanol–water partition coefficient (Wildman–Crippen LogP) is 2.15. The molecule has 1 heterocycles. The molecule has 0 saturated heterocycles. The Balaban J connectivity index is 2.01. The number of carbonyl (C=O) groups excluding carboxylic acids is 1. The molecule has 1 aliphatic rings. The van der Waals surface area contributed by atoms with Crippen molar-refractivity contribution in [1.82, 2.24) is 5.32 Å². The van der Waals surface area contributed by atoms with E-state index in [1.807, 2.05) is 45.0 Å². The number of rotatable bonds is 1. The van der Waals surface area contributed by atoms with Crippen molar-refractivity contribution in [3.63, 3.8) is 0 Å². The average Bonchev–Trinajstić information content (AvgIpc) is 2.27. The Morgan fingerprint density at radius 3 is 2.76 bits per heavy atom. The van der Waals surface area contributed by atoms with Crippen LogP contribution in [0.25, 0.3) is 0 Å². The van der Waals surface area contributed by atoms with E-state index in [1.165, 1.54) is 0 Å². The SMILES string of the molecule is CC(C)(C)C(=O)N[C@@H]1COc2ccccc2C1. The number of benzene rings is 1. The van der Waals surface area contributed by atoms with Gasteiger partial charge >= 0.3 is 0 Å². The summed E-state index contributed by atoms with van der Waals surface area (Å²) < 4.78 is 5.63. The topological polar surface area (TPSA) is 38.3 Å². The third-order valence-corrected chi connectivity index (χ3v) is 2.90. The Morgan fingerprint density at radius 1 is 1.35 bits per heavy atom. The molecule has 0 radical (unpaired) electrons. The van der Waals surface area contributed by atoms with Crippen LogP contribution in [-0.4, -0.2) is 18.6 Å². The summed E-state index contributed by atoms with van der Waals surface area (Å²) in [5.41, 5.74) is 0.815. The highest BCUT2D eigenvalue weighted by molar-refractivity contribution is 5.81. The Labute approximate surface area is 102 Å². The van der Waals surface area contributed by atoms with Crippen molar-refractivity contribution in [3.8, 4) is 5.75 Å². The first-order valence-corrected chi connectivity index (χ1v) is 5.98. The summed E-state index contributed by atoms with van der Waals surface area (Å²) in [7, 11) is 0. The van der Waals surface area contributed by atoms with Crippen LogP contribution in [-0.2, 0) is 11.2 Å². The van der Waals surface area contributed by atoms with Crippen LogP contribution in [0.2, 0.25) is 0 Å². The number of hydrogen-bond donors (Lipinski definition) is 1. The van der Waals surface area contributed by atoms with Gasteiger partial charge in [0.05, 0.1) is 6.04 Å². The Hall–Kier alpha value is -1.51. The molecular weight excluding hydrogens is 214 g/mol. The van der Waals surface area contributed by atoms with Gasteiger partial charge in [0.15, 0.2) is 0 Å². The van der Waals surface area contributed by atoms with E-state index in [0.717, 1.165) is 17.7 Å². The molecule has 1 N–H and O–H groups in total. The zero-order valence-electron chi connectivity index (χ0n) is 10.6. The molecule has 1 atom stereocenters. The van der Waals surface area contributed by atoms with E-state index in [1.54, 1.807) is 0 Å². The molecule has 0 aromatic heterocycles. The molecule has 92 valence electrons. The Bertz CT molecular complexity index is 420. The van der Waals surface area contributed by atoms with Gasteiger partial charge in [-0.15, -0.1) is 0 Å². The molecule has 3 heteroatoms. The maximum absolute atomic E-state index is 11.9. The van der Waals surface area contributed by atoms with Crippen LogP contribution in [0.3, 0.4) is 0 Å². The maximum atomic E-state index is 11.9. The van der Waals surface area contributed by atoms with Gasteiger partial charge < -0.3 is 10.1 Å². The van der Waals surface area contributed by atoms with Gasteiger partial charge in [-0.1, -0.05) is 39.0 Å². The van der Waals surface area contributed by atoms with E-state index in [4.69, 9.17) is 4.74 Å². The fourth-order valence-corrected chi connectivity index (χ4v) is 1.82. The first-order valence-electron chi connectivity index (χ1n) is 5.98. The minimum absolute atomic E-state index is 0.0745. The molecule has 0 fully saturated rings. The fraction of sp³-hybridized carbons (Fsp3) is 0.500. The summed E-state index contributed by atoms with van der Waals surface area (Å²) >= 11 is 0. The third-order valence-electron chi connectivity index (χ3n) is 2.90. The monoisotopic (exact) mass is 233 g/mol. The molecule has 0 aliphatic carbocycles. The number of ether oxygens (including phenoxy) is 1. The van der Waals surface area contributed by atoms with Crippen LogP contribution >= 0.6 is 0 Å². The minimum atomic E-state index is -0.350. The van der Waals surface area contributed by atoms with Crippen molar-refractivity contribution >= 4 is 5.91 Å². The van der Waals surface area contributed by atoms with E-state index in [2.05, 4.69) is 5.32 Å². The second-order valence-electron chi connectivity index (χ2n) is 5.54. The van der Waals surface area contributed by atoms with Gasteiger partial charge in [0.2, 0.25) is 5.91 Å². The van der Waals surface area contributed by atoms with Gasteiger partial charge in [0.25, 0.3) is 0 Å². The van der Waals surface area contributed by atoms with Crippen LogP contribution in [0.15, 0.2) is 24.3 Å². The van der Waals surface area contributed by atoms with E-state index in [9.17, 15) is 4.79 Å². The zero-order valence-corrected chi connectivity index (χ0v) is 10.6. The Morgan fingerprint density at radius 2 is 2.06 bits per heavy atom. The molecule has 3 nitrogen and oxygen atoms in total. The zero-order chi connectivity index (χ0) is 12.5. The minimum Gasteiger partial charge on any atom is -0.491 e. The molecular formula is C14H19NO2. The molecule has 1 aromatic rings. The van der Waals surface area contributed by atoms with Crippen LogP contribution in [0, 0.1) is 5.41 Å². The first kappa shape index (κ1) is 12.0. The summed E-state index contributed by atoms with van der Waals surface area (Å²) in [5, 5.41) is 3.04. The van der Waals surface area contributed by atoms with Gasteiger partial charge in [0.1, 0.15) is 12.4 Å². The van der Waals surface area contributed by atoms with Crippen LogP contribution < -0.4 is 10.1 Å². The van der Waals surface area contributed by atoms with Gasteiger partial charge in [-0.25, -0.2) is 0 Å². The molecule has 1 amide bonds. The summed E-state index contributed by atoms with van der Waals surface area (Å²) in [6, 6.07) is 8.06. The average molecular weight is 233 g/mol. The lowest BCUT2D eigenvalue weighted by Gasteiger charge is -2.28. The van der Waals surface area contributed by atoms with Crippen molar-refractivity contribution in [2.24, 2.45) is 5.41 Å². The molecule has 0 unspecified atom stereocenters. The summed E-state index contributed by atoms with van der Waals surface area (Å²) in [6.07, 6.45) is 0.845. The van der Waals surface area contributed by atoms with Crippen molar-refractivity contribution in [2.75, 3.05) is 6.61 Å². The van der Waals surface area contributed by atoms with Crippen LogP contribution in [0.1, 0.15) is 26.3 Å². The molecule has 1 aliphatic heterocycles. The predicted molar refractivity (Wildman–Crippen MR) is 67.0 cm³/mol. The summed E-state index contributed by atoms with van der Waals surface area (Å²) in [4.78, 5) is 11.9. The second kappa shape index (κ2) is 4.40. The number of amides is 1. The molecule has 2 rings (SSSR count). The van der Waals surface area contributed by atoms with Crippen molar-refractivity contribution < 1.29 is 9.53 Å². The van der Waals surface area contributed by atoms with Gasteiger partial charge in [-0.3, -0.25) is 4.79 Å². The number of para-hydroxylation sites is 1. The summed E-state index contributed by atoms with van der Waals surface area (Å²) in [5.74, 6) is 1.01. The van der Waals surface area contributed by atoms with Crippen LogP contribution in [0.5, 0.6) is 5.75 Å². The summed E-state index contributed by atoms with van der Waals surface area (Å²) in [6.45, 7) is 6.30. The Kier molecular flexibility index (Phi) is 3.09. The lowest BCUT2D eigenvalue weighted by atomic mass is 9.94. The molecule has 0 bridgehead atoms. The first-order chi connectivity index (χ1) is 7.97. The van der Waals surface area contributed by atoms with E-state index in [0.29, 0.717) is 6.61 Å². The number of hydrogen-bond acceptors (Lipinski definition) is 2. The largest absolute Gasteiger partial charge is 0.491 e. The lowest BCUT2D eigenvalue weighted by molar-refractivity contribution is -0.129. The van der Waals surface area contributed by atoms with Crippen molar-refractivity contribution in [3.05, 3.63) is 29.8 Å².